The summed E-state index contributed by atoms with van der Waals surface area (Å²) in [6.45, 7) is 0. The summed E-state index contributed by atoms with van der Waals surface area (Å²) in [5, 5.41) is 0.494. The Morgan fingerprint density at radius 3 is 2.46 bits per heavy atom. The maximum absolute atomic E-state index is 13.4. The molecule has 1 aliphatic heterocycles. The third-order valence-corrected chi connectivity index (χ3v) is 5.91. The van der Waals surface area contributed by atoms with E-state index in [9.17, 15) is 4.79 Å². The Bertz CT molecular complexity index is 1290. The van der Waals surface area contributed by atoms with Crippen LogP contribution in [0.4, 0.5) is 17.6 Å². The highest BCUT2D eigenvalue weighted by Gasteiger charge is 2.32. The molecule has 0 bridgehead atoms. The first-order valence-corrected chi connectivity index (χ1v) is 11.6. The quantitative estimate of drug-likeness (QED) is 0.497. The van der Waals surface area contributed by atoms with Crippen molar-refractivity contribution in [2.45, 2.75) is 5.75 Å². The number of hydrogen-bond donors (Lipinski definition) is 1. The van der Waals surface area contributed by atoms with Crippen molar-refractivity contribution in [1.29, 1.82) is 0 Å². The second-order valence-corrected chi connectivity index (χ2v) is 8.57. The minimum absolute atomic E-state index is 0.133. The van der Waals surface area contributed by atoms with Crippen LogP contribution < -0.4 is 25.0 Å². The van der Waals surface area contributed by atoms with Crippen molar-refractivity contribution in [1.82, 2.24) is 15.0 Å². The van der Waals surface area contributed by atoms with E-state index in [1.54, 1.807) is 36.2 Å². The number of anilines is 3. The van der Waals surface area contributed by atoms with Gasteiger partial charge in [-0.1, -0.05) is 30.0 Å². The topological polar surface area (TPSA) is 119 Å². The van der Waals surface area contributed by atoms with Gasteiger partial charge in [-0.05, 0) is 35.9 Å². The number of hydrogen-bond acceptors (Lipinski definition) is 10. The number of thioether (sulfide) groups is 1. The summed E-state index contributed by atoms with van der Waals surface area (Å²) in [5.41, 5.74) is 7.64. The fourth-order valence-electron chi connectivity index (χ4n) is 3.25. The molecule has 0 spiro atoms. The van der Waals surface area contributed by atoms with Crippen LogP contribution in [-0.4, -0.2) is 54.3 Å². The number of methoxy groups -OCH3 is 2. The molecule has 0 fully saturated rings. The zero-order chi connectivity index (χ0) is 24.9. The van der Waals surface area contributed by atoms with Crippen LogP contribution in [0, 0.1) is 0 Å². The number of aromatic nitrogens is 3. The summed E-state index contributed by atoms with van der Waals surface area (Å²) in [7, 11) is 6.84. The Hall–Kier alpha value is -4.12. The molecule has 10 nitrogen and oxygen atoms in total. The highest BCUT2D eigenvalue weighted by atomic mass is 32.2. The van der Waals surface area contributed by atoms with Gasteiger partial charge in [-0.15, -0.1) is 0 Å². The Kier molecular flexibility index (Phi) is 7.16. The predicted molar refractivity (Wildman–Crippen MR) is 139 cm³/mol. The standard InChI is InChI=1S/C24H25N7O3S/c1-30(2)23-28-20(27-22(25)29-23)14-35-24-26-19(12-15-8-10-17(33-3)11-9-15)21(32)31(24)16-6-5-7-18(13-16)34-4/h5-13H,14H2,1-4H3,(H2,25,27,28,29)/b19-12-. The van der Waals surface area contributed by atoms with Gasteiger partial charge in [0.2, 0.25) is 11.9 Å². The van der Waals surface area contributed by atoms with Gasteiger partial charge in [-0.25, -0.2) is 4.99 Å². The van der Waals surface area contributed by atoms with Crippen LogP contribution in [0.25, 0.3) is 6.08 Å². The van der Waals surface area contributed by atoms with Crippen LogP contribution in [0.2, 0.25) is 0 Å². The molecule has 35 heavy (non-hydrogen) atoms. The maximum atomic E-state index is 13.4. The molecule has 1 aliphatic rings. The van der Waals surface area contributed by atoms with E-state index in [1.807, 2.05) is 56.6 Å². The molecule has 1 amide bonds. The second-order valence-electron chi connectivity index (χ2n) is 7.63. The minimum Gasteiger partial charge on any atom is -0.497 e. The smallest absolute Gasteiger partial charge is 0.283 e. The zero-order valence-electron chi connectivity index (χ0n) is 19.8. The molecule has 2 N–H and O–H groups in total. The van der Waals surface area contributed by atoms with E-state index in [0.29, 0.717) is 39.8 Å². The van der Waals surface area contributed by atoms with Crippen molar-refractivity contribution >= 4 is 46.5 Å². The van der Waals surface area contributed by atoms with E-state index in [-0.39, 0.29) is 11.9 Å². The van der Waals surface area contributed by atoms with Gasteiger partial charge in [0.25, 0.3) is 5.91 Å². The molecule has 0 unspecified atom stereocenters. The average Bonchev–Trinajstić information content (AvgIpc) is 3.17. The van der Waals surface area contributed by atoms with Gasteiger partial charge >= 0.3 is 0 Å². The van der Waals surface area contributed by atoms with Crippen LogP contribution in [0.3, 0.4) is 0 Å². The van der Waals surface area contributed by atoms with Gasteiger partial charge in [0.1, 0.15) is 23.0 Å². The Morgan fingerprint density at radius 1 is 1.03 bits per heavy atom. The molecule has 2 heterocycles. The fraction of sp³-hybridized carbons (Fsp3) is 0.208. The Morgan fingerprint density at radius 2 is 1.77 bits per heavy atom. The lowest BCUT2D eigenvalue weighted by Gasteiger charge is -2.18. The van der Waals surface area contributed by atoms with E-state index < -0.39 is 0 Å². The van der Waals surface area contributed by atoms with Gasteiger partial charge in [0, 0.05) is 20.2 Å². The first kappa shape index (κ1) is 24.0. The summed E-state index contributed by atoms with van der Waals surface area (Å²) >= 11 is 1.33. The molecule has 11 heteroatoms. The first-order chi connectivity index (χ1) is 16.9. The number of nitrogen functional groups attached to an aromatic ring is 1. The zero-order valence-corrected chi connectivity index (χ0v) is 20.6. The number of nitrogens with two attached hydrogens (primary N) is 1. The van der Waals surface area contributed by atoms with Crippen molar-refractivity contribution in [3.63, 3.8) is 0 Å². The largest absolute Gasteiger partial charge is 0.497 e. The lowest BCUT2D eigenvalue weighted by molar-refractivity contribution is -0.113. The first-order valence-electron chi connectivity index (χ1n) is 10.6. The van der Waals surface area contributed by atoms with Gasteiger partial charge in [0.15, 0.2) is 5.17 Å². The van der Waals surface area contributed by atoms with Crippen molar-refractivity contribution in [3.05, 3.63) is 65.6 Å². The number of benzene rings is 2. The van der Waals surface area contributed by atoms with Crippen LogP contribution >= 0.6 is 11.8 Å². The van der Waals surface area contributed by atoms with Crippen molar-refractivity contribution in [2.24, 2.45) is 4.99 Å². The van der Waals surface area contributed by atoms with Crippen LogP contribution in [0.15, 0.2) is 59.2 Å². The lowest BCUT2D eigenvalue weighted by Crippen LogP contribution is -2.30. The van der Waals surface area contributed by atoms with E-state index in [1.165, 1.54) is 11.8 Å². The van der Waals surface area contributed by atoms with Crippen molar-refractivity contribution in [2.75, 3.05) is 43.8 Å². The maximum Gasteiger partial charge on any atom is 0.283 e. The van der Waals surface area contributed by atoms with Crippen LogP contribution in [0.5, 0.6) is 11.5 Å². The van der Waals surface area contributed by atoms with Crippen LogP contribution in [-0.2, 0) is 10.5 Å². The monoisotopic (exact) mass is 491 g/mol. The van der Waals surface area contributed by atoms with Crippen molar-refractivity contribution < 1.29 is 14.3 Å². The van der Waals surface area contributed by atoms with E-state index >= 15 is 0 Å². The van der Waals surface area contributed by atoms with Gasteiger partial charge in [-0.3, -0.25) is 9.69 Å². The third-order valence-electron chi connectivity index (χ3n) is 4.98. The lowest BCUT2D eigenvalue weighted by atomic mass is 10.2. The third kappa shape index (κ3) is 5.52. The number of aliphatic imine (C=N–C) groups is 1. The van der Waals surface area contributed by atoms with Gasteiger partial charge < -0.3 is 20.1 Å². The number of amidine groups is 1. The van der Waals surface area contributed by atoms with E-state index in [4.69, 9.17) is 15.2 Å². The Balaban J connectivity index is 1.67. The minimum atomic E-state index is -0.249. The van der Waals surface area contributed by atoms with E-state index in [2.05, 4.69) is 19.9 Å². The van der Waals surface area contributed by atoms with Crippen LogP contribution in [0.1, 0.15) is 11.4 Å². The highest BCUT2D eigenvalue weighted by Crippen LogP contribution is 2.32. The molecule has 0 saturated carbocycles. The van der Waals surface area contributed by atoms with Gasteiger partial charge in [-0.2, -0.15) is 15.0 Å². The molecule has 1 aromatic heterocycles. The summed E-state index contributed by atoms with van der Waals surface area (Å²) in [5.74, 6) is 2.54. The molecule has 180 valence electrons. The number of carbonyl (C=O) groups excluding carboxylic acids is 1. The SMILES string of the molecule is COc1ccc(/C=C2\N=C(SCc3nc(N)nc(N(C)C)n3)N(c3cccc(OC)c3)C2=O)cc1. The number of carbonyl (C=O) groups is 1. The predicted octanol–water partition coefficient (Wildman–Crippen LogP) is 3.21. The number of ether oxygens (including phenoxy) is 2. The number of rotatable bonds is 7. The van der Waals surface area contributed by atoms with Crippen molar-refractivity contribution in [3.8, 4) is 11.5 Å². The molecular formula is C24H25N7O3S. The molecule has 2 aromatic carbocycles. The second kappa shape index (κ2) is 10.4. The van der Waals surface area contributed by atoms with Gasteiger partial charge in [0.05, 0.1) is 25.7 Å². The normalized spacial score (nSPS) is 14.3. The molecule has 0 radical (unpaired) electrons. The molecule has 4 rings (SSSR count). The molecule has 0 atom stereocenters. The van der Waals surface area contributed by atoms with E-state index in [0.717, 1.165) is 11.3 Å². The average molecular weight is 492 g/mol. The summed E-state index contributed by atoms with van der Waals surface area (Å²) in [6.07, 6.45) is 1.74. The number of amides is 1. The molecule has 0 saturated heterocycles. The number of nitrogens with zero attached hydrogens (tertiary/aromatic N) is 6. The molecule has 0 aliphatic carbocycles. The summed E-state index contributed by atoms with van der Waals surface area (Å²) in [6, 6.07) is 14.7. The fourth-order valence-corrected chi connectivity index (χ4v) is 4.11. The molecule has 3 aromatic rings. The Labute approximate surface area is 207 Å². The highest BCUT2D eigenvalue weighted by molar-refractivity contribution is 8.13. The molecular weight excluding hydrogens is 466 g/mol. The summed E-state index contributed by atoms with van der Waals surface area (Å²) in [4.78, 5) is 34.2. The summed E-state index contributed by atoms with van der Waals surface area (Å²) < 4.78 is 10.6.